The molecule has 1 atom stereocenters. The predicted octanol–water partition coefficient (Wildman–Crippen LogP) is 3.40. The second kappa shape index (κ2) is 4.35. The Morgan fingerprint density at radius 3 is 2.46 bits per heavy atom. The van der Waals surface area contributed by atoms with Gasteiger partial charge in [-0.25, -0.2) is 8.78 Å². The Hall–Kier alpha value is -0.190. The zero-order valence-corrected chi connectivity index (χ0v) is 8.69. The summed E-state index contributed by atoms with van der Waals surface area (Å²) in [5, 5.41) is 9.22. The molecule has 5 heteroatoms. The molecule has 0 bridgehead atoms. The minimum absolute atomic E-state index is 0.0270. The number of hydrogen-bond donors (Lipinski definition) is 1. The maximum absolute atomic E-state index is 12.1. The Labute approximate surface area is 87.5 Å². The summed E-state index contributed by atoms with van der Waals surface area (Å²) in [5.74, 6) is 0. The third kappa shape index (κ3) is 2.39. The van der Waals surface area contributed by atoms with Crippen molar-refractivity contribution in [1.82, 2.24) is 0 Å². The van der Waals surface area contributed by atoms with Crippen LogP contribution in [0.4, 0.5) is 8.78 Å². The third-order valence-corrected chi connectivity index (χ3v) is 2.56. The van der Waals surface area contributed by atoms with E-state index >= 15 is 0 Å². The van der Waals surface area contributed by atoms with Gasteiger partial charge in [0.25, 0.3) is 6.43 Å². The first-order valence-electron chi connectivity index (χ1n) is 3.44. The maximum Gasteiger partial charge on any atom is 0.268 e. The molecule has 0 heterocycles. The molecule has 1 N–H and O–H groups in total. The van der Waals surface area contributed by atoms with Crippen molar-refractivity contribution in [2.24, 2.45) is 0 Å². The van der Waals surface area contributed by atoms with Gasteiger partial charge < -0.3 is 5.11 Å². The summed E-state index contributed by atoms with van der Waals surface area (Å²) in [4.78, 5) is 0. The van der Waals surface area contributed by atoms with Crippen LogP contribution in [0.25, 0.3) is 0 Å². The second-order valence-corrected chi connectivity index (χ2v) is 3.68. The van der Waals surface area contributed by atoms with Gasteiger partial charge in [0.2, 0.25) is 0 Å². The van der Waals surface area contributed by atoms with Crippen LogP contribution in [-0.2, 0) is 0 Å². The first-order chi connectivity index (χ1) is 6.04. The third-order valence-electron chi connectivity index (χ3n) is 1.53. The Balaban J connectivity index is 3.12. The van der Waals surface area contributed by atoms with Gasteiger partial charge in [0.1, 0.15) is 6.10 Å². The lowest BCUT2D eigenvalue weighted by Crippen LogP contribution is -2.09. The molecule has 1 aromatic carbocycles. The molecule has 0 spiro atoms. The fourth-order valence-corrected chi connectivity index (χ4v) is 1.92. The molecule has 0 saturated heterocycles. The van der Waals surface area contributed by atoms with Crippen LogP contribution in [0.2, 0.25) is 5.02 Å². The highest BCUT2D eigenvalue weighted by Gasteiger charge is 2.23. The van der Waals surface area contributed by atoms with E-state index in [0.717, 1.165) is 0 Å². The van der Waals surface area contributed by atoms with Crippen LogP contribution in [0, 0.1) is 0 Å². The van der Waals surface area contributed by atoms with Gasteiger partial charge in [0.05, 0.1) is 0 Å². The first kappa shape index (κ1) is 10.9. The lowest BCUT2D eigenvalue weighted by molar-refractivity contribution is -0.00612. The van der Waals surface area contributed by atoms with Crippen LogP contribution in [0.3, 0.4) is 0 Å². The average Bonchev–Trinajstić information content (AvgIpc) is 2.03. The quantitative estimate of drug-likeness (QED) is 0.874. The minimum atomic E-state index is -2.84. The smallest absolute Gasteiger partial charge is 0.268 e. The summed E-state index contributed by atoms with van der Waals surface area (Å²) in [6.45, 7) is 0. The summed E-state index contributed by atoms with van der Waals surface area (Å²) in [7, 11) is 0. The number of rotatable bonds is 2. The normalized spacial score (nSPS) is 13.4. The van der Waals surface area contributed by atoms with E-state index in [4.69, 9.17) is 16.7 Å². The van der Waals surface area contributed by atoms with Gasteiger partial charge in [0.15, 0.2) is 0 Å². The van der Waals surface area contributed by atoms with Crippen molar-refractivity contribution in [3.05, 3.63) is 33.3 Å². The fourth-order valence-electron chi connectivity index (χ4n) is 0.919. The van der Waals surface area contributed by atoms with Crippen LogP contribution in [0.15, 0.2) is 22.7 Å². The lowest BCUT2D eigenvalue weighted by Gasteiger charge is -2.13. The SMILES string of the molecule is OC(c1c(Cl)cccc1Br)C(F)F. The largest absolute Gasteiger partial charge is 0.382 e. The van der Waals surface area contributed by atoms with Crippen molar-refractivity contribution in [3.63, 3.8) is 0 Å². The van der Waals surface area contributed by atoms with Gasteiger partial charge in [0, 0.05) is 15.1 Å². The average molecular weight is 271 g/mol. The Kier molecular flexibility index (Phi) is 3.64. The molecule has 72 valence electrons. The molecule has 0 saturated carbocycles. The van der Waals surface area contributed by atoms with Gasteiger partial charge in [-0.1, -0.05) is 33.6 Å². The Morgan fingerprint density at radius 2 is 2.00 bits per heavy atom. The van der Waals surface area contributed by atoms with E-state index in [1.807, 2.05) is 0 Å². The molecular formula is C8H6BrClF2O. The molecule has 0 aliphatic heterocycles. The maximum atomic E-state index is 12.1. The highest BCUT2D eigenvalue weighted by molar-refractivity contribution is 9.10. The summed E-state index contributed by atoms with van der Waals surface area (Å²) in [6, 6.07) is 4.61. The molecule has 1 unspecified atom stereocenters. The van der Waals surface area contributed by atoms with Crippen molar-refractivity contribution in [2.45, 2.75) is 12.5 Å². The summed E-state index contributed by atoms with van der Waals surface area (Å²) < 4.78 is 24.7. The molecule has 13 heavy (non-hydrogen) atoms. The van der Waals surface area contributed by atoms with E-state index in [2.05, 4.69) is 15.9 Å². The highest BCUT2D eigenvalue weighted by Crippen LogP contribution is 2.33. The molecule has 0 radical (unpaired) electrons. The van der Waals surface area contributed by atoms with Gasteiger partial charge in [-0.2, -0.15) is 0 Å². The molecule has 1 nitrogen and oxygen atoms in total. The second-order valence-electron chi connectivity index (χ2n) is 2.41. The molecule has 0 aromatic heterocycles. The van der Waals surface area contributed by atoms with Crippen molar-refractivity contribution < 1.29 is 13.9 Å². The molecule has 0 fully saturated rings. The predicted molar refractivity (Wildman–Crippen MR) is 50.1 cm³/mol. The number of benzene rings is 1. The molecule has 0 aliphatic carbocycles. The Bertz CT molecular complexity index is 286. The van der Waals surface area contributed by atoms with Crippen LogP contribution in [0.5, 0.6) is 0 Å². The molecule has 1 rings (SSSR count). The first-order valence-corrected chi connectivity index (χ1v) is 4.61. The summed E-state index contributed by atoms with van der Waals surface area (Å²) in [5.41, 5.74) is 0.0270. The number of alkyl halides is 2. The summed E-state index contributed by atoms with van der Waals surface area (Å²) >= 11 is 8.68. The van der Waals surface area contributed by atoms with Crippen molar-refractivity contribution in [1.29, 1.82) is 0 Å². The molecule has 1 aromatic rings. The monoisotopic (exact) mass is 270 g/mol. The van der Waals surface area contributed by atoms with Gasteiger partial charge in [-0.3, -0.25) is 0 Å². The molecule has 0 aliphatic rings. The van der Waals surface area contributed by atoms with E-state index in [1.54, 1.807) is 12.1 Å². The van der Waals surface area contributed by atoms with Gasteiger partial charge >= 0.3 is 0 Å². The molecule has 0 amide bonds. The number of halogens is 4. The van der Waals surface area contributed by atoms with Crippen molar-refractivity contribution in [2.75, 3.05) is 0 Å². The van der Waals surface area contributed by atoms with Gasteiger partial charge in [-0.05, 0) is 12.1 Å². The van der Waals surface area contributed by atoms with Gasteiger partial charge in [-0.15, -0.1) is 0 Å². The van der Waals surface area contributed by atoms with E-state index in [9.17, 15) is 8.78 Å². The lowest BCUT2D eigenvalue weighted by atomic mass is 10.1. The molecular weight excluding hydrogens is 265 g/mol. The van der Waals surface area contributed by atoms with Crippen LogP contribution in [-0.4, -0.2) is 11.5 Å². The van der Waals surface area contributed by atoms with Crippen molar-refractivity contribution in [3.8, 4) is 0 Å². The van der Waals surface area contributed by atoms with Crippen LogP contribution >= 0.6 is 27.5 Å². The number of aliphatic hydroxyl groups is 1. The van der Waals surface area contributed by atoms with E-state index in [0.29, 0.717) is 4.47 Å². The van der Waals surface area contributed by atoms with E-state index in [-0.39, 0.29) is 10.6 Å². The van der Waals surface area contributed by atoms with Crippen LogP contribution in [0.1, 0.15) is 11.7 Å². The zero-order chi connectivity index (χ0) is 10.0. The van der Waals surface area contributed by atoms with Crippen molar-refractivity contribution >= 4 is 27.5 Å². The summed E-state index contributed by atoms with van der Waals surface area (Å²) in [6.07, 6.45) is -4.68. The van der Waals surface area contributed by atoms with E-state index in [1.165, 1.54) is 6.07 Å². The topological polar surface area (TPSA) is 20.2 Å². The fraction of sp³-hybridized carbons (Fsp3) is 0.250. The Morgan fingerprint density at radius 1 is 1.38 bits per heavy atom. The zero-order valence-electron chi connectivity index (χ0n) is 6.35. The standard InChI is InChI=1S/C8H6BrClF2O/c9-4-2-1-3-5(10)6(4)7(13)8(11)12/h1-3,7-8,13H. The number of aliphatic hydroxyl groups excluding tert-OH is 1. The highest BCUT2D eigenvalue weighted by atomic mass is 79.9. The minimum Gasteiger partial charge on any atom is -0.382 e. The number of hydrogen-bond acceptors (Lipinski definition) is 1. The van der Waals surface area contributed by atoms with Crippen LogP contribution < -0.4 is 0 Å². The van der Waals surface area contributed by atoms with E-state index < -0.39 is 12.5 Å².